The summed E-state index contributed by atoms with van der Waals surface area (Å²) < 4.78 is 125. The van der Waals surface area contributed by atoms with E-state index in [-0.39, 0.29) is 17.6 Å². The molecule has 17 heteroatoms. The van der Waals surface area contributed by atoms with Gasteiger partial charge in [-0.05, 0) is 72.8 Å². The zero-order chi connectivity index (χ0) is 33.3. The average Bonchev–Trinajstić information content (AvgIpc) is 3.56. The molecule has 0 aliphatic rings. The Labute approximate surface area is 252 Å². The molecule has 0 radical (unpaired) electrons. The van der Waals surface area contributed by atoms with Crippen molar-refractivity contribution in [3.05, 3.63) is 76.0 Å². The van der Waals surface area contributed by atoms with Crippen LogP contribution >= 0.6 is 0 Å². The van der Waals surface area contributed by atoms with Gasteiger partial charge in [-0.1, -0.05) is 18.1 Å². The Morgan fingerprint density at radius 3 is 1.89 bits per heavy atom. The van der Waals surface area contributed by atoms with Crippen molar-refractivity contribution in [2.45, 2.75) is 51.5 Å². The minimum atomic E-state index is -5.10. The van der Waals surface area contributed by atoms with E-state index in [2.05, 4.69) is 20.5 Å². The van der Waals surface area contributed by atoms with Crippen molar-refractivity contribution >= 4 is 5.95 Å². The summed E-state index contributed by atoms with van der Waals surface area (Å²) in [6.45, 7) is 1.92. The summed E-state index contributed by atoms with van der Waals surface area (Å²) in [5.41, 5.74) is -3.01. The van der Waals surface area contributed by atoms with Crippen LogP contribution in [0.2, 0.25) is 0 Å². The number of hydrogen-bond donors (Lipinski definition) is 0. The molecule has 244 valence electrons. The Morgan fingerprint density at radius 2 is 1.38 bits per heavy atom. The van der Waals surface area contributed by atoms with Gasteiger partial charge in [0.15, 0.2) is 0 Å². The summed E-state index contributed by atoms with van der Waals surface area (Å²) in [4.78, 5) is 4.10. The summed E-state index contributed by atoms with van der Waals surface area (Å²) in [6.07, 6.45) is -12.7. The third-order valence-electron chi connectivity index (χ3n) is 6.85. The summed E-state index contributed by atoms with van der Waals surface area (Å²) in [7, 11) is 5.12. The molecule has 0 saturated heterocycles. The van der Waals surface area contributed by atoms with Gasteiger partial charge in [0, 0.05) is 31.4 Å². The lowest BCUT2D eigenvalue weighted by Gasteiger charge is -2.24. The zero-order valence-electron chi connectivity index (χ0n) is 24.6. The Morgan fingerprint density at radius 1 is 0.756 bits per heavy atom. The third-order valence-corrected chi connectivity index (χ3v) is 6.85. The molecule has 45 heavy (non-hydrogen) atoms. The molecule has 0 atom stereocenters. The third kappa shape index (κ3) is 8.32. The Balaban J connectivity index is 1.85. The molecule has 0 bridgehead atoms. The molecule has 0 unspecified atom stereocenters. The van der Waals surface area contributed by atoms with Gasteiger partial charge < -0.3 is 9.80 Å². The monoisotopic (exact) mass is 648 g/mol. The van der Waals surface area contributed by atoms with E-state index in [0.29, 0.717) is 42.9 Å². The number of nitrogens with zero attached hydrogens (tertiary/aromatic N) is 8. The maximum absolute atomic E-state index is 13.9. The predicted molar refractivity (Wildman–Crippen MR) is 146 cm³/mol. The van der Waals surface area contributed by atoms with E-state index >= 15 is 0 Å². The number of alkyl halides is 9. The Bertz CT molecular complexity index is 1590. The average molecular weight is 649 g/mol. The van der Waals surface area contributed by atoms with Crippen LogP contribution in [0.25, 0.3) is 11.3 Å². The van der Waals surface area contributed by atoms with E-state index in [0.717, 1.165) is 27.4 Å². The van der Waals surface area contributed by atoms with Crippen molar-refractivity contribution in [2.75, 3.05) is 25.5 Å². The number of benzene rings is 2. The Hall–Kier alpha value is -4.15. The molecule has 2 aromatic carbocycles. The van der Waals surface area contributed by atoms with Gasteiger partial charge in [-0.25, -0.2) is 0 Å². The molecule has 0 saturated carbocycles. The van der Waals surface area contributed by atoms with Gasteiger partial charge in [0.2, 0.25) is 0 Å². The lowest BCUT2D eigenvalue weighted by molar-refractivity contribution is -0.143. The molecule has 0 spiro atoms. The fraction of sp³-hybridized carbons (Fsp3) is 0.429. The molecular formula is C28H29F9N8. The van der Waals surface area contributed by atoms with Crippen LogP contribution in [-0.2, 0) is 51.6 Å². The summed E-state index contributed by atoms with van der Waals surface area (Å²) in [5.74, 6) is -0.223. The van der Waals surface area contributed by atoms with Gasteiger partial charge in [-0.15, -0.1) is 5.10 Å². The highest BCUT2D eigenvalue weighted by atomic mass is 19.4. The molecule has 2 heterocycles. The SMILES string of the molecule is CCc1cn(CCN(C)C)nc1-c1ccc(C(F)(F)F)cc1CN(Cc1cc(C(F)(F)F)cc(C(F)(F)F)c1)c1nnn(C)n1. The van der Waals surface area contributed by atoms with E-state index in [1.54, 1.807) is 10.9 Å². The number of halogens is 9. The topological polar surface area (TPSA) is 67.9 Å². The standard InChI is InChI=1S/C28H29F9N8/c1-5-18-16-45(9-8-42(2)3)39-24(18)23-7-6-20(26(29,30)31)12-19(23)15-44(25-38-41-43(4)40-25)14-17-10-21(27(32,33)34)13-22(11-17)28(35,36)37/h6-7,10-13,16H,5,8-9,14-15H2,1-4H3. The van der Waals surface area contributed by atoms with Crippen molar-refractivity contribution < 1.29 is 39.5 Å². The molecule has 2 aromatic heterocycles. The molecule has 0 amide bonds. The fourth-order valence-electron chi connectivity index (χ4n) is 4.63. The van der Waals surface area contributed by atoms with Crippen LogP contribution in [0, 0.1) is 0 Å². The van der Waals surface area contributed by atoms with E-state index in [1.165, 1.54) is 13.1 Å². The van der Waals surface area contributed by atoms with Crippen molar-refractivity contribution in [3.8, 4) is 11.3 Å². The minimum absolute atomic E-state index is 0.00176. The van der Waals surface area contributed by atoms with E-state index in [9.17, 15) is 39.5 Å². The summed E-state index contributed by atoms with van der Waals surface area (Å²) in [6, 6.07) is 4.12. The number of rotatable bonds is 10. The van der Waals surface area contributed by atoms with Crippen LogP contribution in [0.5, 0.6) is 0 Å². The molecule has 8 nitrogen and oxygen atoms in total. The largest absolute Gasteiger partial charge is 0.416 e. The number of tetrazole rings is 1. The first-order valence-corrected chi connectivity index (χ1v) is 13.5. The normalized spacial score (nSPS) is 12.8. The van der Waals surface area contributed by atoms with Crippen molar-refractivity contribution in [1.29, 1.82) is 0 Å². The lowest BCUT2D eigenvalue weighted by atomic mass is 9.97. The molecule has 4 rings (SSSR count). The van der Waals surface area contributed by atoms with Gasteiger partial charge in [0.25, 0.3) is 5.95 Å². The second kappa shape index (κ2) is 12.7. The van der Waals surface area contributed by atoms with Crippen LogP contribution in [-0.4, -0.2) is 55.5 Å². The highest BCUT2D eigenvalue weighted by Crippen LogP contribution is 2.38. The molecule has 0 aliphatic heterocycles. The number of aromatic nitrogens is 6. The van der Waals surface area contributed by atoms with Crippen LogP contribution in [0.1, 0.15) is 40.3 Å². The molecule has 0 N–H and O–H groups in total. The first-order chi connectivity index (χ1) is 20.8. The maximum Gasteiger partial charge on any atom is 0.416 e. The Kier molecular flexibility index (Phi) is 9.51. The second-order valence-corrected chi connectivity index (χ2v) is 10.6. The molecule has 0 aliphatic carbocycles. The quantitative estimate of drug-likeness (QED) is 0.184. The van der Waals surface area contributed by atoms with Crippen LogP contribution in [0.3, 0.4) is 0 Å². The van der Waals surface area contributed by atoms with Crippen molar-refractivity contribution in [1.82, 2.24) is 34.9 Å². The first kappa shape index (κ1) is 33.7. The van der Waals surface area contributed by atoms with Gasteiger partial charge in [-0.2, -0.15) is 49.4 Å². The number of aryl methyl sites for hydroxylation is 2. The molecule has 4 aromatic rings. The summed E-state index contributed by atoms with van der Waals surface area (Å²) in [5, 5.41) is 16.2. The molecule has 0 fully saturated rings. The lowest BCUT2D eigenvalue weighted by Crippen LogP contribution is -2.25. The van der Waals surface area contributed by atoms with E-state index in [4.69, 9.17) is 0 Å². The van der Waals surface area contributed by atoms with Crippen LogP contribution < -0.4 is 4.90 Å². The molecular weight excluding hydrogens is 619 g/mol. The highest BCUT2D eigenvalue weighted by Gasteiger charge is 2.37. The van der Waals surface area contributed by atoms with Crippen molar-refractivity contribution in [2.24, 2.45) is 7.05 Å². The summed E-state index contributed by atoms with van der Waals surface area (Å²) >= 11 is 0. The number of likely N-dealkylation sites (N-methyl/N-ethyl adjacent to an activating group) is 1. The fourth-order valence-corrected chi connectivity index (χ4v) is 4.63. The van der Waals surface area contributed by atoms with Gasteiger partial charge in [0.1, 0.15) is 0 Å². The van der Waals surface area contributed by atoms with Crippen LogP contribution in [0.4, 0.5) is 45.5 Å². The minimum Gasteiger partial charge on any atom is -0.330 e. The van der Waals surface area contributed by atoms with E-state index in [1.807, 2.05) is 25.9 Å². The van der Waals surface area contributed by atoms with Gasteiger partial charge >= 0.3 is 18.5 Å². The maximum atomic E-state index is 13.9. The van der Waals surface area contributed by atoms with Crippen molar-refractivity contribution in [3.63, 3.8) is 0 Å². The first-order valence-electron chi connectivity index (χ1n) is 13.5. The number of hydrogen-bond acceptors (Lipinski definition) is 6. The number of anilines is 1. The smallest absolute Gasteiger partial charge is 0.330 e. The second-order valence-electron chi connectivity index (χ2n) is 10.6. The van der Waals surface area contributed by atoms with Gasteiger partial charge in [-0.3, -0.25) is 4.68 Å². The van der Waals surface area contributed by atoms with Crippen LogP contribution in [0.15, 0.2) is 42.6 Å². The van der Waals surface area contributed by atoms with Gasteiger partial charge in [0.05, 0.1) is 36.0 Å². The highest BCUT2D eigenvalue weighted by molar-refractivity contribution is 5.68. The predicted octanol–water partition coefficient (Wildman–Crippen LogP) is 6.46. The van der Waals surface area contributed by atoms with E-state index < -0.39 is 53.9 Å². The zero-order valence-corrected chi connectivity index (χ0v) is 24.6.